The average molecular weight is 284 g/mol. The molecule has 0 spiro atoms. The van der Waals surface area contributed by atoms with Crippen LogP contribution in [0.1, 0.15) is 17.2 Å². The van der Waals surface area contributed by atoms with Crippen molar-refractivity contribution in [1.82, 2.24) is 5.32 Å². The molecule has 0 aliphatic heterocycles. The van der Waals surface area contributed by atoms with Crippen molar-refractivity contribution in [3.05, 3.63) is 69.5 Å². The summed E-state index contributed by atoms with van der Waals surface area (Å²) < 4.78 is 14.0. The Balaban J connectivity index is 2.53. The van der Waals surface area contributed by atoms with Gasteiger partial charge in [-0.1, -0.05) is 53.5 Å². The number of benzene rings is 2. The Bertz CT molecular complexity index is 557. The average Bonchev–Trinajstić information content (AvgIpc) is 2.37. The van der Waals surface area contributed by atoms with Gasteiger partial charge in [0.15, 0.2) is 0 Å². The molecule has 2 aromatic carbocycles. The molecule has 0 saturated heterocycles. The molecule has 0 aliphatic carbocycles. The standard InChI is InChI=1S/C14H12Cl2FN/c1-18-14(9-5-2-3-7-11(9)15)10-6-4-8-12(16)13(10)17/h2-8,14,18H,1H3. The molecule has 1 nitrogen and oxygen atoms in total. The van der Waals surface area contributed by atoms with Gasteiger partial charge in [0, 0.05) is 10.6 Å². The van der Waals surface area contributed by atoms with E-state index in [4.69, 9.17) is 23.2 Å². The fraction of sp³-hybridized carbons (Fsp3) is 0.143. The summed E-state index contributed by atoms with van der Waals surface area (Å²) in [6, 6.07) is 12.0. The molecule has 94 valence electrons. The zero-order chi connectivity index (χ0) is 13.1. The van der Waals surface area contributed by atoms with Crippen molar-refractivity contribution >= 4 is 23.2 Å². The minimum absolute atomic E-state index is 0.111. The van der Waals surface area contributed by atoms with Crippen LogP contribution in [-0.2, 0) is 0 Å². The van der Waals surface area contributed by atoms with Gasteiger partial charge in [0.05, 0.1) is 11.1 Å². The fourth-order valence-corrected chi connectivity index (χ4v) is 2.36. The maximum Gasteiger partial charge on any atom is 0.146 e. The minimum Gasteiger partial charge on any atom is -0.309 e. The second-order valence-electron chi connectivity index (χ2n) is 3.89. The Morgan fingerprint density at radius 2 is 1.56 bits per heavy atom. The summed E-state index contributed by atoms with van der Waals surface area (Å²) in [7, 11) is 1.76. The quantitative estimate of drug-likeness (QED) is 0.878. The monoisotopic (exact) mass is 283 g/mol. The van der Waals surface area contributed by atoms with E-state index >= 15 is 0 Å². The maximum absolute atomic E-state index is 14.0. The van der Waals surface area contributed by atoms with Crippen molar-refractivity contribution in [3.63, 3.8) is 0 Å². The largest absolute Gasteiger partial charge is 0.309 e. The third kappa shape index (κ3) is 2.51. The first-order chi connectivity index (χ1) is 8.65. The van der Waals surface area contributed by atoms with Crippen molar-refractivity contribution in [2.75, 3.05) is 7.05 Å². The maximum atomic E-state index is 14.0. The number of hydrogen-bond donors (Lipinski definition) is 1. The van der Waals surface area contributed by atoms with E-state index in [2.05, 4.69) is 5.32 Å². The third-order valence-electron chi connectivity index (χ3n) is 2.80. The highest BCUT2D eigenvalue weighted by Gasteiger charge is 2.19. The first-order valence-corrected chi connectivity index (χ1v) is 6.26. The van der Waals surface area contributed by atoms with E-state index in [0.29, 0.717) is 10.6 Å². The summed E-state index contributed by atoms with van der Waals surface area (Å²) in [5.41, 5.74) is 1.31. The van der Waals surface area contributed by atoms with Gasteiger partial charge in [0.25, 0.3) is 0 Å². The van der Waals surface area contributed by atoms with Crippen LogP contribution in [-0.4, -0.2) is 7.05 Å². The Morgan fingerprint density at radius 1 is 0.944 bits per heavy atom. The molecular formula is C14H12Cl2FN. The van der Waals surface area contributed by atoms with Gasteiger partial charge >= 0.3 is 0 Å². The van der Waals surface area contributed by atoms with Crippen LogP contribution in [0.2, 0.25) is 10.0 Å². The van der Waals surface area contributed by atoms with Crippen molar-refractivity contribution in [1.29, 1.82) is 0 Å². The first-order valence-electron chi connectivity index (χ1n) is 5.50. The van der Waals surface area contributed by atoms with Gasteiger partial charge in [0.2, 0.25) is 0 Å². The lowest BCUT2D eigenvalue weighted by atomic mass is 9.98. The Morgan fingerprint density at radius 3 is 2.22 bits per heavy atom. The summed E-state index contributed by atoms with van der Waals surface area (Å²) >= 11 is 12.0. The van der Waals surface area contributed by atoms with Crippen molar-refractivity contribution in [2.45, 2.75) is 6.04 Å². The molecule has 0 fully saturated rings. The number of rotatable bonds is 3. The van der Waals surface area contributed by atoms with Crippen LogP contribution in [0.5, 0.6) is 0 Å². The van der Waals surface area contributed by atoms with E-state index in [1.54, 1.807) is 25.2 Å². The van der Waals surface area contributed by atoms with Crippen molar-refractivity contribution in [3.8, 4) is 0 Å². The fourth-order valence-electron chi connectivity index (χ4n) is 1.93. The zero-order valence-electron chi connectivity index (χ0n) is 9.75. The molecule has 1 unspecified atom stereocenters. The third-order valence-corrected chi connectivity index (χ3v) is 3.43. The Kier molecular flexibility index (Phi) is 4.23. The van der Waals surface area contributed by atoms with E-state index in [-0.39, 0.29) is 11.1 Å². The predicted octanol–water partition coefficient (Wildman–Crippen LogP) is 4.44. The van der Waals surface area contributed by atoms with Crippen LogP contribution in [0, 0.1) is 5.82 Å². The number of nitrogens with one attached hydrogen (secondary N) is 1. The smallest absolute Gasteiger partial charge is 0.146 e. The summed E-state index contributed by atoms with van der Waals surface area (Å²) in [6.07, 6.45) is 0. The van der Waals surface area contributed by atoms with Crippen LogP contribution < -0.4 is 5.32 Å². The van der Waals surface area contributed by atoms with Crippen LogP contribution in [0.15, 0.2) is 42.5 Å². The van der Waals surface area contributed by atoms with E-state index in [9.17, 15) is 4.39 Å². The van der Waals surface area contributed by atoms with Gasteiger partial charge in [0.1, 0.15) is 5.82 Å². The number of halogens is 3. The van der Waals surface area contributed by atoms with Crippen LogP contribution in [0.3, 0.4) is 0 Å². The van der Waals surface area contributed by atoms with Gasteiger partial charge in [-0.2, -0.15) is 0 Å². The molecule has 2 aromatic rings. The van der Waals surface area contributed by atoms with E-state index in [1.165, 1.54) is 6.07 Å². The summed E-state index contributed by atoms with van der Waals surface area (Å²) in [5, 5.41) is 3.77. The van der Waals surface area contributed by atoms with Crippen molar-refractivity contribution < 1.29 is 4.39 Å². The van der Waals surface area contributed by atoms with E-state index < -0.39 is 5.82 Å². The highest BCUT2D eigenvalue weighted by Crippen LogP contribution is 2.31. The molecule has 2 rings (SSSR count). The normalized spacial score (nSPS) is 12.4. The lowest BCUT2D eigenvalue weighted by molar-refractivity contribution is 0.576. The van der Waals surface area contributed by atoms with Gasteiger partial charge in [-0.05, 0) is 24.7 Å². The molecule has 0 radical (unpaired) electrons. The van der Waals surface area contributed by atoms with Crippen LogP contribution in [0.4, 0.5) is 4.39 Å². The highest BCUT2D eigenvalue weighted by molar-refractivity contribution is 6.31. The van der Waals surface area contributed by atoms with Gasteiger partial charge in [-0.15, -0.1) is 0 Å². The molecule has 0 amide bonds. The summed E-state index contributed by atoms with van der Waals surface area (Å²) in [4.78, 5) is 0. The predicted molar refractivity (Wildman–Crippen MR) is 73.8 cm³/mol. The molecule has 1 N–H and O–H groups in total. The van der Waals surface area contributed by atoms with Crippen LogP contribution in [0.25, 0.3) is 0 Å². The van der Waals surface area contributed by atoms with Crippen molar-refractivity contribution in [2.24, 2.45) is 0 Å². The molecule has 0 saturated carbocycles. The minimum atomic E-state index is -0.418. The lowest BCUT2D eigenvalue weighted by Crippen LogP contribution is -2.19. The SMILES string of the molecule is CNC(c1ccccc1Cl)c1cccc(Cl)c1F. The molecule has 4 heteroatoms. The highest BCUT2D eigenvalue weighted by atomic mass is 35.5. The molecule has 0 aromatic heterocycles. The molecule has 0 aliphatic rings. The second-order valence-corrected chi connectivity index (χ2v) is 4.70. The molecule has 1 atom stereocenters. The topological polar surface area (TPSA) is 12.0 Å². The lowest BCUT2D eigenvalue weighted by Gasteiger charge is -2.19. The van der Waals surface area contributed by atoms with Gasteiger partial charge in [-0.25, -0.2) is 4.39 Å². The number of hydrogen-bond acceptors (Lipinski definition) is 1. The first kappa shape index (κ1) is 13.3. The van der Waals surface area contributed by atoms with E-state index in [1.807, 2.05) is 18.2 Å². The summed E-state index contributed by atoms with van der Waals surface area (Å²) in [6.45, 7) is 0. The van der Waals surface area contributed by atoms with E-state index in [0.717, 1.165) is 5.56 Å². The van der Waals surface area contributed by atoms with Gasteiger partial charge in [-0.3, -0.25) is 0 Å². The molecule has 0 bridgehead atoms. The van der Waals surface area contributed by atoms with Crippen LogP contribution >= 0.6 is 23.2 Å². The summed E-state index contributed by atoms with van der Waals surface area (Å²) in [5.74, 6) is -0.418. The molecule has 18 heavy (non-hydrogen) atoms. The molecular weight excluding hydrogens is 272 g/mol. The Labute approximate surface area is 116 Å². The Hall–Kier alpha value is -1.09. The second kappa shape index (κ2) is 5.70. The van der Waals surface area contributed by atoms with Gasteiger partial charge < -0.3 is 5.32 Å². The molecule has 0 heterocycles. The zero-order valence-corrected chi connectivity index (χ0v) is 11.3.